The van der Waals surface area contributed by atoms with Crippen LogP contribution in [0.3, 0.4) is 0 Å². The molecule has 3 rings (SSSR count). The van der Waals surface area contributed by atoms with Crippen molar-refractivity contribution in [3.8, 4) is 11.5 Å². The SMILES string of the molecule is COc1ccc(C2(NC(=S)Nc3cccc(OC(C)C)c3)CCCC2)cc1. The van der Waals surface area contributed by atoms with Crippen LogP contribution in [0.1, 0.15) is 45.1 Å². The van der Waals surface area contributed by atoms with Crippen LogP contribution in [0.5, 0.6) is 11.5 Å². The van der Waals surface area contributed by atoms with Gasteiger partial charge in [-0.3, -0.25) is 0 Å². The standard InChI is InChI=1S/C22H28N2O2S/c1-16(2)26-20-8-6-7-18(15-20)23-21(27)24-22(13-4-5-14-22)17-9-11-19(25-3)12-10-17/h6-12,15-16H,4-5,13-14H2,1-3H3,(H2,23,24,27). The van der Waals surface area contributed by atoms with Crippen LogP contribution in [-0.2, 0) is 5.54 Å². The van der Waals surface area contributed by atoms with Gasteiger partial charge < -0.3 is 20.1 Å². The van der Waals surface area contributed by atoms with Crippen LogP contribution in [0.15, 0.2) is 48.5 Å². The van der Waals surface area contributed by atoms with Crippen molar-refractivity contribution in [3.63, 3.8) is 0 Å². The average molecular weight is 385 g/mol. The van der Waals surface area contributed by atoms with Gasteiger partial charge in [0.1, 0.15) is 11.5 Å². The highest BCUT2D eigenvalue weighted by molar-refractivity contribution is 7.80. The average Bonchev–Trinajstić information content (AvgIpc) is 3.11. The summed E-state index contributed by atoms with van der Waals surface area (Å²) in [6.07, 6.45) is 4.66. The molecule has 1 aliphatic rings. The molecule has 27 heavy (non-hydrogen) atoms. The van der Waals surface area contributed by atoms with Gasteiger partial charge in [0.2, 0.25) is 0 Å². The molecule has 0 radical (unpaired) electrons. The molecule has 0 unspecified atom stereocenters. The summed E-state index contributed by atoms with van der Waals surface area (Å²) in [4.78, 5) is 0. The van der Waals surface area contributed by atoms with Gasteiger partial charge >= 0.3 is 0 Å². The first kappa shape index (κ1) is 19.5. The third-order valence-corrected chi connectivity index (χ3v) is 5.12. The normalized spacial score (nSPS) is 15.4. The van der Waals surface area contributed by atoms with E-state index >= 15 is 0 Å². The summed E-state index contributed by atoms with van der Waals surface area (Å²) in [6, 6.07) is 16.2. The van der Waals surface area contributed by atoms with Crippen molar-refractivity contribution in [2.24, 2.45) is 0 Å². The number of nitrogens with one attached hydrogen (secondary N) is 2. The third kappa shape index (κ3) is 4.92. The molecule has 2 aromatic rings. The Morgan fingerprint density at radius 3 is 2.37 bits per heavy atom. The number of anilines is 1. The zero-order valence-corrected chi connectivity index (χ0v) is 17.1. The van der Waals surface area contributed by atoms with Crippen LogP contribution < -0.4 is 20.1 Å². The van der Waals surface area contributed by atoms with E-state index in [4.69, 9.17) is 21.7 Å². The van der Waals surface area contributed by atoms with Crippen LogP contribution in [0.25, 0.3) is 0 Å². The Morgan fingerprint density at radius 2 is 1.74 bits per heavy atom. The Morgan fingerprint density at radius 1 is 1.04 bits per heavy atom. The maximum Gasteiger partial charge on any atom is 0.171 e. The van der Waals surface area contributed by atoms with Crippen LogP contribution in [0, 0.1) is 0 Å². The maximum atomic E-state index is 5.77. The highest BCUT2D eigenvalue weighted by Crippen LogP contribution is 2.39. The fourth-order valence-electron chi connectivity index (χ4n) is 3.67. The summed E-state index contributed by atoms with van der Waals surface area (Å²) in [5, 5.41) is 7.54. The molecular formula is C22H28N2O2S. The number of rotatable bonds is 6. The molecule has 0 aliphatic heterocycles. The largest absolute Gasteiger partial charge is 0.497 e. The molecule has 0 saturated heterocycles. The Balaban J connectivity index is 1.72. The summed E-state index contributed by atoms with van der Waals surface area (Å²) in [5.41, 5.74) is 2.05. The van der Waals surface area contributed by atoms with Crippen LogP contribution in [0.2, 0.25) is 0 Å². The van der Waals surface area contributed by atoms with Crippen molar-refractivity contribution in [2.45, 2.75) is 51.2 Å². The molecule has 1 saturated carbocycles. The maximum absolute atomic E-state index is 5.77. The second-order valence-corrected chi connectivity index (χ2v) is 7.70. The van der Waals surface area contributed by atoms with Crippen molar-refractivity contribution in [1.29, 1.82) is 0 Å². The van der Waals surface area contributed by atoms with Gasteiger partial charge in [0.25, 0.3) is 0 Å². The lowest BCUT2D eigenvalue weighted by Crippen LogP contribution is -2.45. The minimum atomic E-state index is -0.123. The first-order chi connectivity index (χ1) is 13.0. The second-order valence-electron chi connectivity index (χ2n) is 7.29. The molecule has 1 aliphatic carbocycles. The summed E-state index contributed by atoms with van der Waals surface area (Å²) in [7, 11) is 1.69. The molecule has 0 atom stereocenters. The number of methoxy groups -OCH3 is 1. The zero-order chi connectivity index (χ0) is 19.3. The summed E-state index contributed by atoms with van der Waals surface area (Å²) in [6.45, 7) is 4.04. The number of thiocarbonyl (C=S) groups is 1. The number of ether oxygens (including phenoxy) is 2. The van der Waals surface area contributed by atoms with E-state index in [2.05, 4.69) is 22.8 Å². The molecule has 1 fully saturated rings. The van der Waals surface area contributed by atoms with Crippen LogP contribution in [-0.4, -0.2) is 18.3 Å². The number of benzene rings is 2. The molecule has 0 heterocycles. The van der Waals surface area contributed by atoms with Gasteiger partial charge in [0, 0.05) is 11.8 Å². The van der Waals surface area contributed by atoms with Crippen molar-refractivity contribution in [2.75, 3.05) is 12.4 Å². The van der Waals surface area contributed by atoms with Gasteiger partial charge in [-0.25, -0.2) is 0 Å². The molecular weight excluding hydrogens is 356 g/mol. The number of hydrogen-bond donors (Lipinski definition) is 2. The van der Waals surface area contributed by atoms with E-state index in [1.807, 2.05) is 50.2 Å². The zero-order valence-electron chi connectivity index (χ0n) is 16.2. The molecule has 144 valence electrons. The molecule has 0 amide bonds. The Labute approximate surface area is 167 Å². The van der Waals surface area contributed by atoms with E-state index in [0.29, 0.717) is 5.11 Å². The first-order valence-corrected chi connectivity index (χ1v) is 9.92. The molecule has 2 N–H and O–H groups in total. The highest BCUT2D eigenvalue weighted by atomic mass is 32.1. The molecule has 2 aromatic carbocycles. The van der Waals surface area contributed by atoms with E-state index in [1.165, 1.54) is 18.4 Å². The summed E-state index contributed by atoms with van der Waals surface area (Å²) >= 11 is 5.64. The quantitative estimate of drug-likeness (QED) is 0.667. The highest BCUT2D eigenvalue weighted by Gasteiger charge is 2.36. The van der Waals surface area contributed by atoms with Crippen molar-refractivity contribution >= 4 is 23.0 Å². The van der Waals surface area contributed by atoms with Gasteiger partial charge in [0.15, 0.2) is 5.11 Å². The van der Waals surface area contributed by atoms with Gasteiger partial charge in [-0.05, 0) is 68.7 Å². The lowest BCUT2D eigenvalue weighted by Gasteiger charge is -2.32. The van der Waals surface area contributed by atoms with E-state index in [1.54, 1.807) is 7.11 Å². The van der Waals surface area contributed by atoms with Crippen molar-refractivity contribution < 1.29 is 9.47 Å². The van der Waals surface area contributed by atoms with Gasteiger partial charge in [0.05, 0.1) is 18.8 Å². The van der Waals surface area contributed by atoms with Gasteiger partial charge in [-0.2, -0.15) is 0 Å². The topological polar surface area (TPSA) is 42.5 Å². The number of hydrogen-bond acceptors (Lipinski definition) is 3. The van der Waals surface area contributed by atoms with E-state index in [-0.39, 0.29) is 11.6 Å². The fraction of sp³-hybridized carbons (Fsp3) is 0.409. The van der Waals surface area contributed by atoms with E-state index < -0.39 is 0 Å². The summed E-state index contributed by atoms with van der Waals surface area (Å²) in [5.74, 6) is 1.71. The Kier molecular flexibility index (Phi) is 6.22. The molecule has 0 bridgehead atoms. The smallest absolute Gasteiger partial charge is 0.171 e. The van der Waals surface area contributed by atoms with Gasteiger partial charge in [-0.1, -0.05) is 31.0 Å². The Bertz CT molecular complexity index is 768. The Hall–Kier alpha value is -2.27. The minimum absolute atomic E-state index is 0.123. The molecule has 5 heteroatoms. The minimum Gasteiger partial charge on any atom is -0.497 e. The monoisotopic (exact) mass is 384 g/mol. The van der Waals surface area contributed by atoms with Crippen molar-refractivity contribution in [1.82, 2.24) is 5.32 Å². The third-order valence-electron chi connectivity index (χ3n) is 4.92. The van der Waals surface area contributed by atoms with Crippen LogP contribution >= 0.6 is 12.2 Å². The lowest BCUT2D eigenvalue weighted by molar-refractivity contribution is 0.242. The van der Waals surface area contributed by atoms with E-state index in [9.17, 15) is 0 Å². The van der Waals surface area contributed by atoms with Crippen molar-refractivity contribution in [3.05, 3.63) is 54.1 Å². The summed E-state index contributed by atoms with van der Waals surface area (Å²) < 4.78 is 11.1. The molecule has 0 aromatic heterocycles. The van der Waals surface area contributed by atoms with E-state index in [0.717, 1.165) is 30.0 Å². The second kappa shape index (κ2) is 8.61. The predicted octanol–water partition coefficient (Wildman–Crippen LogP) is 5.24. The van der Waals surface area contributed by atoms with Crippen LogP contribution in [0.4, 0.5) is 5.69 Å². The predicted molar refractivity (Wildman–Crippen MR) is 115 cm³/mol. The van der Waals surface area contributed by atoms with Gasteiger partial charge in [-0.15, -0.1) is 0 Å². The molecule has 0 spiro atoms. The molecule has 4 nitrogen and oxygen atoms in total. The lowest BCUT2D eigenvalue weighted by atomic mass is 9.88. The first-order valence-electron chi connectivity index (χ1n) is 9.51. The fourth-order valence-corrected chi connectivity index (χ4v) is 3.99.